The Kier molecular flexibility index (Phi) is 3.53. The zero-order valence-corrected chi connectivity index (χ0v) is 15.1. The molecule has 0 spiro atoms. The molecule has 2 heterocycles. The lowest BCUT2D eigenvalue weighted by molar-refractivity contribution is 0.620. The molecule has 0 unspecified atom stereocenters. The van der Waals surface area contributed by atoms with Crippen LogP contribution in [0.15, 0.2) is 81.8 Å². The first kappa shape index (κ1) is 15.2. The fourth-order valence-corrected chi connectivity index (χ4v) is 3.25. The molecule has 0 saturated heterocycles. The van der Waals surface area contributed by atoms with Crippen LogP contribution in [0.25, 0.3) is 44.8 Å². The Morgan fingerprint density at radius 2 is 1.54 bits per heavy atom. The molecule has 5 rings (SSSR count). The van der Waals surface area contributed by atoms with Crippen molar-refractivity contribution in [2.24, 2.45) is 0 Å². The van der Waals surface area contributed by atoms with E-state index in [0.29, 0.717) is 5.89 Å². The number of aromatic nitrogens is 3. The second-order valence-electron chi connectivity index (χ2n) is 5.95. The predicted molar refractivity (Wildman–Crippen MR) is 106 cm³/mol. The zero-order valence-electron chi connectivity index (χ0n) is 13.6. The van der Waals surface area contributed by atoms with E-state index in [9.17, 15) is 0 Å². The largest absolute Gasteiger partial charge is 0.436 e. The van der Waals surface area contributed by atoms with Crippen molar-refractivity contribution in [2.45, 2.75) is 0 Å². The highest BCUT2D eigenvalue weighted by molar-refractivity contribution is 9.10. The molecule has 0 amide bonds. The molecule has 5 heteroatoms. The van der Waals surface area contributed by atoms with Crippen LogP contribution in [-0.4, -0.2) is 15.0 Å². The Bertz CT molecular complexity index is 1210. The van der Waals surface area contributed by atoms with Crippen LogP contribution in [0.1, 0.15) is 0 Å². The molecule has 0 bridgehead atoms. The lowest BCUT2D eigenvalue weighted by Crippen LogP contribution is -1.89. The van der Waals surface area contributed by atoms with Gasteiger partial charge in [-0.25, -0.2) is 9.97 Å². The van der Waals surface area contributed by atoms with Crippen molar-refractivity contribution in [3.63, 3.8) is 0 Å². The summed E-state index contributed by atoms with van der Waals surface area (Å²) in [4.78, 5) is 13.7. The molecular formula is C21H12BrN3O. The second-order valence-corrected chi connectivity index (χ2v) is 6.87. The Morgan fingerprint density at radius 3 is 2.38 bits per heavy atom. The van der Waals surface area contributed by atoms with E-state index >= 15 is 0 Å². The molecule has 0 radical (unpaired) electrons. The van der Waals surface area contributed by atoms with Crippen LogP contribution >= 0.6 is 15.9 Å². The molecule has 0 N–H and O–H groups in total. The summed E-state index contributed by atoms with van der Waals surface area (Å²) < 4.78 is 6.82. The lowest BCUT2D eigenvalue weighted by atomic mass is 10.1. The van der Waals surface area contributed by atoms with E-state index in [1.54, 1.807) is 6.20 Å². The van der Waals surface area contributed by atoms with Crippen molar-refractivity contribution < 1.29 is 4.42 Å². The van der Waals surface area contributed by atoms with Gasteiger partial charge < -0.3 is 4.42 Å². The van der Waals surface area contributed by atoms with Crippen LogP contribution in [0.5, 0.6) is 0 Å². The van der Waals surface area contributed by atoms with Gasteiger partial charge in [0.15, 0.2) is 5.58 Å². The first-order valence-corrected chi connectivity index (χ1v) is 8.94. The fraction of sp³-hybridized carbons (Fsp3) is 0. The number of fused-ring (bicyclic) bond motifs is 2. The summed E-state index contributed by atoms with van der Waals surface area (Å²) in [5, 5.41) is 0. The first-order valence-electron chi connectivity index (χ1n) is 8.15. The van der Waals surface area contributed by atoms with Crippen molar-refractivity contribution >= 4 is 38.1 Å². The van der Waals surface area contributed by atoms with Gasteiger partial charge in [-0.15, -0.1) is 0 Å². The molecule has 124 valence electrons. The Hall–Kier alpha value is -3.05. The monoisotopic (exact) mass is 401 g/mol. The molecule has 0 aliphatic carbocycles. The summed E-state index contributed by atoms with van der Waals surface area (Å²) >= 11 is 3.46. The highest BCUT2D eigenvalue weighted by Crippen LogP contribution is 2.27. The number of benzene rings is 3. The van der Waals surface area contributed by atoms with Gasteiger partial charge in [-0.2, -0.15) is 0 Å². The molecule has 5 aromatic rings. The topological polar surface area (TPSA) is 51.8 Å². The van der Waals surface area contributed by atoms with E-state index in [2.05, 4.69) is 25.9 Å². The zero-order chi connectivity index (χ0) is 17.5. The average molecular weight is 402 g/mol. The third-order valence-electron chi connectivity index (χ3n) is 4.23. The summed E-state index contributed by atoms with van der Waals surface area (Å²) in [5.74, 6) is 0.618. The number of para-hydroxylation sites is 2. The van der Waals surface area contributed by atoms with E-state index in [-0.39, 0.29) is 0 Å². The Labute approximate surface area is 157 Å². The number of hydrogen-bond donors (Lipinski definition) is 0. The predicted octanol–water partition coefficient (Wildman–Crippen LogP) is 5.87. The lowest BCUT2D eigenvalue weighted by Gasteiger charge is -2.04. The van der Waals surface area contributed by atoms with Gasteiger partial charge >= 0.3 is 0 Å². The fourth-order valence-electron chi connectivity index (χ4n) is 2.90. The number of hydrogen-bond acceptors (Lipinski definition) is 4. The van der Waals surface area contributed by atoms with E-state index in [0.717, 1.165) is 43.4 Å². The molecule has 0 aliphatic heterocycles. The van der Waals surface area contributed by atoms with Gasteiger partial charge in [-0.05, 0) is 42.5 Å². The van der Waals surface area contributed by atoms with Crippen molar-refractivity contribution in [1.82, 2.24) is 15.0 Å². The van der Waals surface area contributed by atoms with Crippen molar-refractivity contribution in [2.75, 3.05) is 0 Å². The standard InChI is InChI=1S/C21H12BrN3O/c22-15-9-10-16-18(11-15)23-12-19(24-16)13-5-7-14(8-6-13)21-25-17-3-1-2-4-20(17)26-21/h1-12H. The van der Waals surface area contributed by atoms with E-state index in [1.807, 2.05) is 66.7 Å². The molecule has 0 fully saturated rings. The van der Waals surface area contributed by atoms with E-state index in [1.165, 1.54) is 0 Å². The highest BCUT2D eigenvalue weighted by atomic mass is 79.9. The average Bonchev–Trinajstić information content (AvgIpc) is 3.12. The molecule has 3 aromatic carbocycles. The second kappa shape index (κ2) is 6.04. The summed E-state index contributed by atoms with van der Waals surface area (Å²) in [7, 11) is 0. The normalized spacial score (nSPS) is 11.3. The van der Waals surface area contributed by atoms with Gasteiger partial charge in [0.25, 0.3) is 0 Å². The maximum absolute atomic E-state index is 5.82. The molecule has 0 atom stereocenters. The summed E-state index contributed by atoms with van der Waals surface area (Å²) in [6.45, 7) is 0. The minimum Gasteiger partial charge on any atom is -0.436 e. The van der Waals surface area contributed by atoms with Crippen molar-refractivity contribution in [3.05, 3.63) is 77.4 Å². The van der Waals surface area contributed by atoms with Gasteiger partial charge in [-0.1, -0.05) is 40.2 Å². The quantitative estimate of drug-likeness (QED) is 0.371. The van der Waals surface area contributed by atoms with Crippen molar-refractivity contribution in [1.29, 1.82) is 0 Å². The molecule has 0 saturated carbocycles. The number of oxazole rings is 1. The summed E-state index contributed by atoms with van der Waals surface area (Å²) in [6, 6.07) is 21.7. The molecule has 4 nitrogen and oxygen atoms in total. The van der Waals surface area contributed by atoms with Crippen LogP contribution in [0.4, 0.5) is 0 Å². The van der Waals surface area contributed by atoms with Gasteiger partial charge in [0.2, 0.25) is 5.89 Å². The van der Waals surface area contributed by atoms with Gasteiger partial charge in [0, 0.05) is 15.6 Å². The third-order valence-corrected chi connectivity index (χ3v) is 4.72. The molecular weight excluding hydrogens is 390 g/mol. The van der Waals surface area contributed by atoms with Crippen LogP contribution < -0.4 is 0 Å². The van der Waals surface area contributed by atoms with Gasteiger partial charge in [-0.3, -0.25) is 4.98 Å². The number of nitrogens with zero attached hydrogens (tertiary/aromatic N) is 3. The Morgan fingerprint density at radius 1 is 0.731 bits per heavy atom. The smallest absolute Gasteiger partial charge is 0.227 e. The number of halogens is 1. The van der Waals surface area contributed by atoms with Crippen LogP contribution in [0.2, 0.25) is 0 Å². The van der Waals surface area contributed by atoms with Crippen LogP contribution in [0.3, 0.4) is 0 Å². The van der Waals surface area contributed by atoms with E-state index < -0.39 is 0 Å². The van der Waals surface area contributed by atoms with Crippen LogP contribution in [-0.2, 0) is 0 Å². The highest BCUT2D eigenvalue weighted by Gasteiger charge is 2.09. The van der Waals surface area contributed by atoms with E-state index in [4.69, 9.17) is 9.40 Å². The SMILES string of the molecule is Brc1ccc2nc(-c3ccc(-c4nc5ccccc5o4)cc3)cnc2c1. The van der Waals surface area contributed by atoms with Gasteiger partial charge in [0.1, 0.15) is 5.52 Å². The maximum Gasteiger partial charge on any atom is 0.227 e. The molecule has 26 heavy (non-hydrogen) atoms. The van der Waals surface area contributed by atoms with Crippen LogP contribution in [0, 0.1) is 0 Å². The summed E-state index contributed by atoms with van der Waals surface area (Å²) in [5.41, 5.74) is 6.16. The third kappa shape index (κ3) is 2.66. The summed E-state index contributed by atoms with van der Waals surface area (Å²) in [6.07, 6.45) is 1.79. The van der Waals surface area contributed by atoms with Gasteiger partial charge in [0.05, 0.1) is 22.9 Å². The molecule has 0 aliphatic rings. The number of rotatable bonds is 2. The Balaban J connectivity index is 1.52. The minimum absolute atomic E-state index is 0.618. The van der Waals surface area contributed by atoms with Crippen molar-refractivity contribution in [3.8, 4) is 22.7 Å². The maximum atomic E-state index is 5.82. The minimum atomic E-state index is 0.618. The molecule has 2 aromatic heterocycles. The first-order chi connectivity index (χ1) is 12.8.